The van der Waals surface area contributed by atoms with Crippen molar-refractivity contribution in [3.05, 3.63) is 58.7 Å². The smallest absolute Gasteiger partial charge is 0.255 e. The fraction of sp³-hybridized carbons (Fsp3) is 0.188. The van der Waals surface area contributed by atoms with E-state index in [2.05, 4.69) is 5.32 Å². The monoisotopic (exact) mass is 255 g/mol. The first-order chi connectivity index (χ1) is 8.97. The summed E-state index contributed by atoms with van der Waals surface area (Å²) in [6.07, 6.45) is 0. The van der Waals surface area contributed by atoms with Crippen LogP contribution in [0.1, 0.15) is 27.0 Å². The minimum atomic E-state index is -0.175. The Balaban J connectivity index is 2.20. The Bertz CT molecular complexity index is 633. The van der Waals surface area contributed by atoms with Crippen molar-refractivity contribution < 1.29 is 9.90 Å². The maximum Gasteiger partial charge on any atom is 0.255 e. The van der Waals surface area contributed by atoms with Crippen molar-refractivity contribution in [3.8, 4) is 5.75 Å². The first kappa shape index (κ1) is 13.1. The molecule has 2 N–H and O–H groups in total. The fourth-order valence-electron chi connectivity index (χ4n) is 1.82. The molecule has 0 radical (unpaired) electrons. The Hall–Kier alpha value is -2.29. The molecule has 0 bridgehead atoms. The van der Waals surface area contributed by atoms with Gasteiger partial charge in [0, 0.05) is 11.3 Å². The summed E-state index contributed by atoms with van der Waals surface area (Å²) in [5, 5.41) is 12.3. The van der Waals surface area contributed by atoms with Crippen LogP contribution in [0.15, 0.2) is 36.4 Å². The second-order valence-corrected chi connectivity index (χ2v) is 4.75. The summed E-state index contributed by atoms with van der Waals surface area (Å²) in [5.41, 5.74) is 4.33. The molecule has 0 heterocycles. The van der Waals surface area contributed by atoms with Gasteiger partial charge in [0.25, 0.3) is 5.91 Å². The molecule has 0 atom stereocenters. The lowest BCUT2D eigenvalue weighted by Gasteiger charge is -2.08. The van der Waals surface area contributed by atoms with E-state index in [1.807, 2.05) is 32.0 Å². The molecule has 0 saturated heterocycles. The van der Waals surface area contributed by atoms with Crippen molar-refractivity contribution in [2.45, 2.75) is 20.8 Å². The zero-order valence-corrected chi connectivity index (χ0v) is 11.3. The highest BCUT2D eigenvalue weighted by molar-refractivity contribution is 6.04. The van der Waals surface area contributed by atoms with Crippen LogP contribution < -0.4 is 5.32 Å². The van der Waals surface area contributed by atoms with E-state index in [1.54, 1.807) is 19.1 Å². The van der Waals surface area contributed by atoms with Gasteiger partial charge in [0.15, 0.2) is 0 Å². The first-order valence-electron chi connectivity index (χ1n) is 6.15. The Morgan fingerprint density at radius 2 is 1.68 bits per heavy atom. The van der Waals surface area contributed by atoms with Crippen molar-refractivity contribution >= 4 is 11.6 Å². The van der Waals surface area contributed by atoms with Crippen molar-refractivity contribution in [2.24, 2.45) is 0 Å². The summed E-state index contributed by atoms with van der Waals surface area (Å²) < 4.78 is 0. The number of phenols is 1. The quantitative estimate of drug-likeness (QED) is 0.861. The average molecular weight is 255 g/mol. The minimum absolute atomic E-state index is 0.175. The molecule has 2 aromatic carbocycles. The highest BCUT2D eigenvalue weighted by atomic mass is 16.3. The van der Waals surface area contributed by atoms with E-state index < -0.39 is 0 Å². The second-order valence-electron chi connectivity index (χ2n) is 4.75. The van der Waals surface area contributed by atoms with E-state index in [-0.39, 0.29) is 11.7 Å². The van der Waals surface area contributed by atoms with Gasteiger partial charge in [-0.1, -0.05) is 6.07 Å². The van der Waals surface area contributed by atoms with Crippen LogP contribution in [0.25, 0.3) is 0 Å². The third kappa shape index (κ3) is 2.94. The van der Waals surface area contributed by atoms with E-state index in [0.717, 1.165) is 11.3 Å². The SMILES string of the molecule is Cc1ccc(NC(=O)c2ccc(O)c(C)c2)cc1C. The number of hydrogen-bond acceptors (Lipinski definition) is 2. The zero-order chi connectivity index (χ0) is 14.0. The molecular formula is C16H17NO2. The molecule has 0 spiro atoms. The summed E-state index contributed by atoms with van der Waals surface area (Å²) in [6.45, 7) is 5.81. The Morgan fingerprint density at radius 1 is 0.947 bits per heavy atom. The molecule has 0 fully saturated rings. The van der Waals surface area contributed by atoms with Crippen LogP contribution in [0.3, 0.4) is 0 Å². The predicted molar refractivity (Wildman–Crippen MR) is 76.7 cm³/mol. The van der Waals surface area contributed by atoms with Gasteiger partial charge in [-0.05, 0) is 67.8 Å². The predicted octanol–water partition coefficient (Wildman–Crippen LogP) is 3.57. The lowest BCUT2D eigenvalue weighted by molar-refractivity contribution is 0.102. The lowest BCUT2D eigenvalue weighted by atomic mass is 10.1. The molecule has 98 valence electrons. The van der Waals surface area contributed by atoms with E-state index in [1.165, 1.54) is 11.6 Å². The number of carbonyl (C=O) groups is 1. The van der Waals surface area contributed by atoms with Crippen LogP contribution in [0.5, 0.6) is 5.75 Å². The zero-order valence-electron chi connectivity index (χ0n) is 11.3. The fourth-order valence-corrected chi connectivity index (χ4v) is 1.82. The Labute approximate surface area is 112 Å². The second kappa shape index (κ2) is 5.14. The largest absolute Gasteiger partial charge is 0.508 e. The molecule has 3 heteroatoms. The van der Waals surface area contributed by atoms with Gasteiger partial charge in [-0.2, -0.15) is 0 Å². The molecular weight excluding hydrogens is 238 g/mol. The van der Waals surface area contributed by atoms with Crippen LogP contribution >= 0.6 is 0 Å². The van der Waals surface area contributed by atoms with Gasteiger partial charge in [0.05, 0.1) is 0 Å². The number of phenolic OH excluding ortho intramolecular Hbond substituents is 1. The highest BCUT2D eigenvalue weighted by Gasteiger charge is 2.08. The third-order valence-electron chi connectivity index (χ3n) is 3.22. The molecule has 1 amide bonds. The van der Waals surface area contributed by atoms with Crippen molar-refractivity contribution in [3.63, 3.8) is 0 Å². The summed E-state index contributed by atoms with van der Waals surface area (Å²) in [7, 11) is 0. The number of nitrogens with one attached hydrogen (secondary N) is 1. The van der Waals surface area contributed by atoms with Gasteiger partial charge in [-0.3, -0.25) is 4.79 Å². The number of anilines is 1. The molecule has 19 heavy (non-hydrogen) atoms. The third-order valence-corrected chi connectivity index (χ3v) is 3.22. The van der Waals surface area contributed by atoms with E-state index in [4.69, 9.17) is 0 Å². The number of aryl methyl sites for hydroxylation is 3. The topological polar surface area (TPSA) is 49.3 Å². The first-order valence-corrected chi connectivity index (χ1v) is 6.15. The summed E-state index contributed by atoms with van der Waals surface area (Å²) in [5.74, 6) is 0.0223. The lowest BCUT2D eigenvalue weighted by Crippen LogP contribution is -2.12. The van der Waals surface area contributed by atoms with Crippen molar-refractivity contribution in [1.29, 1.82) is 0 Å². The number of amides is 1. The molecule has 0 aliphatic heterocycles. The van der Waals surface area contributed by atoms with E-state index in [0.29, 0.717) is 11.1 Å². The molecule has 0 saturated carbocycles. The highest BCUT2D eigenvalue weighted by Crippen LogP contribution is 2.19. The molecule has 2 aromatic rings. The Kier molecular flexibility index (Phi) is 3.56. The van der Waals surface area contributed by atoms with Crippen molar-refractivity contribution in [2.75, 3.05) is 5.32 Å². The number of hydrogen-bond donors (Lipinski definition) is 2. The average Bonchev–Trinajstić information content (AvgIpc) is 2.37. The van der Waals surface area contributed by atoms with Gasteiger partial charge in [0.1, 0.15) is 5.75 Å². The number of carbonyl (C=O) groups excluding carboxylic acids is 1. The van der Waals surface area contributed by atoms with Crippen LogP contribution in [0.4, 0.5) is 5.69 Å². The molecule has 0 aromatic heterocycles. The van der Waals surface area contributed by atoms with Crippen LogP contribution in [-0.2, 0) is 0 Å². The van der Waals surface area contributed by atoms with Crippen molar-refractivity contribution in [1.82, 2.24) is 0 Å². The molecule has 3 nitrogen and oxygen atoms in total. The number of rotatable bonds is 2. The van der Waals surface area contributed by atoms with Gasteiger partial charge in [-0.25, -0.2) is 0 Å². The minimum Gasteiger partial charge on any atom is -0.508 e. The summed E-state index contributed by atoms with van der Waals surface area (Å²) >= 11 is 0. The molecule has 0 aliphatic rings. The van der Waals surface area contributed by atoms with Gasteiger partial charge in [0.2, 0.25) is 0 Å². The normalized spacial score (nSPS) is 10.3. The maximum atomic E-state index is 12.1. The van der Waals surface area contributed by atoms with Crippen LogP contribution in [-0.4, -0.2) is 11.0 Å². The van der Waals surface area contributed by atoms with Crippen LogP contribution in [0.2, 0.25) is 0 Å². The van der Waals surface area contributed by atoms with E-state index in [9.17, 15) is 9.90 Å². The van der Waals surface area contributed by atoms with Gasteiger partial charge in [-0.15, -0.1) is 0 Å². The van der Waals surface area contributed by atoms with Crippen LogP contribution in [0, 0.1) is 20.8 Å². The van der Waals surface area contributed by atoms with Gasteiger partial charge < -0.3 is 10.4 Å². The van der Waals surface area contributed by atoms with E-state index >= 15 is 0 Å². The molecule has 0 aliphatic carbocycles. The molecule has 0 unspecified atom stereocenters. The summed E-state index contributed by atoms with van der Waals surface area (Å²) in [6, 6.07) is 10.6. The Morgan fingerprint density at radius 3 is 2.32 bits per heavy atom. The molecule has 2 rings (SSSR count). The summed E-state index contributed by atoms with van der Waals surface area (Å²) in [4.78, 5) is 12.1. The standard InChI is InChI=1S/C16H17NO2/c1-10-4-6-14(9-11(10)2)17-16(19)13-5-7-15(18)12(3)8-13/h4-9,18H,1-3H3,(H,17,19). The van der Waals surface area contributed by atoms with Gasteiger partial charge >= 0.3 is 0 Å². The number of aromatic hydroxyl groups is 1. The maximum absolute atomic E-state index is 12.1. The number of benzene rings is 2.